The molecule has 0 bridgehead atoms. The summed E-state index contributed by atoms with van der Waals surface area (Å²) in [5.74, 6) is -0.249. The first kappa shape index (κ1) is 15.0. The van der Waals surface area contributed by atoms with E-state index in [-0.39, 0.29) is 12.5 Å². The Kier molecular flexibility index (Phi) is 5.28. The Morgan fingerprint density at radius 2 is 1.95 bits per heavy atom. The Hall–Kier alpha value is -2.41. The van der Waals surface area contributed by atoms with Crippen LogP contribution in [-0.2, 0) is 4.79 Å². The molecule has 0 radical (unpaired) electrons. The molecule has 0 saturated heterocycles. The Morgan fingerprint density at radius 1 is 1.19 bits per heavy atom. The van der Waals surface area contributed by atoms with E-state index in [1.165, 1.54) is 6.21 Å². The lowest BCUT2D eigenvalue weighted by molar-refractivity contribution is -0.120. The molecule has 1 aromatic heterocycles. The molecule has 1 aromatic carbocycles. The molecule has 2 amide bonds. The molecule has 108 valence electrons. The van der Waals surface area contributed by atoms with E-state index in [0.29, 0.717) is 16.0 Å². The van der Waals surface area contributed by atoms with E-state index >= 15 is 0 Å². The minimum atomic E-state index is -0.429. The van der Waals surface area contributed by atoms with Crippen LogP contribution >= 0.6 is 15.9 Å². The Balaban J connectivity index is 1.75. The Bertz CT molecular complexity index is 652. The Morgan fingerprint density at radius 3 is 2.62 bits per heavy atom. The van der Waals surface area contributed by atoms with E-state index < -0.39 is 5.91 Å². The van der Waals surface area contributed by atoms with Gasteiger partial charge < -0.3 is 9.73 Å². The van der Waals surface area contributed by atoms with Crippen molar-refractivity contribution in [2.24, 2.45) is 5.10 Å². The summed E-state index contributed by atoms with van der Waals surface area (Å²) in [5, 5.41) is 6.21. The largest absolute Gasteiger partial charge is 0.448 e. The molecule has 0 unspecified atom stereocenters. The molecular weight excluding hydrogens is 338 g/mol. The molecule has 0 aliphatic heterocycles. The van der Waals surface area contributed by atoms with Crippen molar-refractivity contribution >= 4 is 34.0 Å². The van der Waals surface area contributed by atoms with Crippen LogP contribution in [0, 0.1) is 0 Å². The molecule has 2 rings (SSSR count). The van der Waals surface area contributed by atoms with Gasteiger partial charge in [-0.2, -0.15) is 5.10 Å². The molecule has 0 aliphatic rings. The lowest BCUT2D eigenvalue weighted by atomic mass is 10.2. The number of hydrogen-bond acceptors (Lipinski definition) is 4. The van der Waals surface area contributed by atoms with E-state index in [4.69, 9.17) is 4.42 Å². The number of nitrogens with zero attached hydrogens (tertiary/aromatic N) is 1. The summed E-state index contributed by atoms with van der Waals surface area (Å²) in [6.07, 6.45) is 1.36. The van der Waals surface area contributed by atoms with Crippen molar-refractivity contribution < 1.29 is 14.0 Å². The SMILES string of the molecule is O=C(CNC(=O)c1ccccc1)N/N=C/c1ccc(Br)o1. The van der Waals surface area contributed by atoms with Crippen LogP contribution < -0.4 is 10.7 Å². The van der Waals surface area contributed by atoms with Gasteiger partial charge in [-0.05, 0) is 40.2 Å². The zero-order chi connectivity index (χ0) is 15.1. The minimum Gasteiger partial charge on any atom is -0.448 e. The number of nitrogens with one attached hydrogen (secondary N) is 2. The van der Waals surface area contributed by atoms with Gasteiger partial charge in [0.2, 0.25) is 0 Å². The van der Waals surface area contributed by atoms with Crippen molar-refractivity contribution in [2.75, 3.05) is 6.54 Å². The van der Waals surface area contributed by atoms with Crippen LogP contribution in [0.1, 0.15) is 16.1 Å². The molecule has 1 heterocycles. The first-order chi connectivity index (χ1) is 10.1. The van der Waals surface area contributed by atoms with Crippen molar-refractivity contribution in [1.82, 2.24) is 10.7 Å². The van der Waals surface area contributed by atoms with Gasteiger partial charge in [0, 0.05) is 5.56 Å². The van der Waals surface area contributed by atoms with Crippen molar-refractivity contribution in [1.29, 1.82) is 0 Å². The van der Waals surface area contributed by atoms with E-state index in [9.17, 15) is 9.59 Å². The number of carbonyl (C=O) groups is 2. The monoisotopic (exact) mass is 349 g/mol. The van der Waals surface area contributed by atoms with Crippen LogP contribution in [0.4, 0.5) is 0 Å². The van der Waals surface area contributed by atoms with Gasteiger partial charge in [-0.15, -0.1) is 0 Å². The minimum absolute atomic E-state index is 0.160. The highest BCUT2D eigenvalue weighted by Gasteiger charge is 2.06. The molecule has 21 heavy (non-hydrogen) atoms. The second-order valence-electron chi connectivity index (χ2n) is 3.98. The molecule has 0 fully saturated rings. The van der Waals surface area contributed by atoms with Crippen molar-refractivity contribution in [3.05, 3.63) is 58.5 Å². The third-order valence-corrected chi connectivity index (χ3v) is 2.85. The zero-order valence-electron chi connectivity index (χ0n) is 10.9. The third kappa shape index (κ3) is 4.88. The summed E-state index contributed by atoms with van der Waals surface area (Å²) in [5.41, 5.74) is 2.78. The summed E-state index contributed by atoms with van der Waals surface area (Å²) >= 11 is 3.15. The van der Waals surface area contributed by atoms with Gasteiger partial charge in [0.1, 0.15) is 5.76 Å². The molecule has 7 heteroatoms. The predicted molar refractivity (Wildman–Crippen MR) is 80.9 cm³/mol. The molecule has 0 aliphatic carbocycles. The van der Waals surface area contributed by atoms with Gasteiger partial charge >= 0.3 is 0 Å². The van der Waals surface area contributed by atoms with E-state index in [1.54, 1.807) is 36.4 Å². The lowest BCUT2D eigenvalue weighted by Crippen LogP contribution is -2.34. The molecule has 0 saturated carbocycles. The van der Waals surface area contributed by atoms with E-state index in [0.717, 1.165) is 0 Å². The number of benzene rings is 1. The van der Waals surface area contributed by atoms with Crippen LogP contribution in [0.2, 0.25) is 0 Å². The number of hydrogen-bond donors (Lipinski definition) is 2. The van der Waals surface area contributed by atoms with Gasteiger partial charge in [0.15, 0.2) is 4.67 Å². The molecule has 2 aromatic rings. The molecule has 2 N–H and O–H groups in total. The highest BCUT2D eigenvalue weighted by molar-refractivity contribution is 9.10. The van der Waals surface area contributed by atoms with Gasteiger partial charge in [-0.1, -0.05) is 18.2 Å². The van der Waals surface area contributed by atoms with Crippen LogP contribution in [0.25, 0.3) is 0 Å². The van der Waals surface area contributed by atoms with Crippen molar-refractivity contribution in [2.45, 2.75) is 0 Å². The topological polar surface area (TPSA) is 83.7 Å². The fourth-order valence-electron chi connectivity index (χ4n) is 1.46. The number of hydrazone groups is 1. The lowest BCUT2D eigenvalue weighted by Gasteiger charge is -2.03. The highest BCUT2D eigenvalue weighted by Crippen LogP contribution is 2.11. The number of furan rings is 1. The fraction of sp³-hybridized carbons (Fsp3) is 0.0714. The smallest absolute Gasteiger partial charge is 0.259 e. The van der Waals surface area contributed by atoms with Gasteiger partial charge in [0.05, 0.1) is 12.8 Å². The van der Waals surface area contributed by atoms with Gasteiger partial charge in [0.25, 0.3) is 11.8 Å². The van der Waals surface area contributed by atoms with Gasteiger partial charge in [-0.25, -0.2) is 5.43 Å². The quantitative estimate of drug-likeness (QED) is 0.638. The normalized spacial score (nSPS) is 10.5. The zero-order valence-corrected chi connectivity index (χ0v) is 12.5. The maximum absolute atomic E-state index is 11.7. The first-order valence-electron chi connectivity index (χ1n) is 6.05. The number of rotatable bonds is 5. The van der Waals surface area contributed by atoms with Crippen LogP contribution in [0.5, 0.6) is 0 Å². The number of halogens is 1. The average molecular weight is 350 g/mol. The van der Waals surface area contributed by atoms with Crippen molar-refractivity contribution in [3.8, 4) is 0 Å². The second-order valence-corrected chi connectivity index (χ2v) is 4.77. The molecule has 6 nitrogen and oxygen atoms in total. The summed E-state index contributed by atoms with van der Waals surface area (Å²) in [7, 11) is 0. The molecule has 0 spiro atoms. The summed E-state index contributed by atoms with van der Waals surface area (Å²) in [6.45, 7) is -0.160. The molecule has 0 atom stereocenters. The highest BCUT2D eigenvalue weighted by atomic mass is 79.9. The number of carbonyl (C=O) groups excluding carboxylic acids is 2. The summed E-state index contributed by atoms with van der Waals surface area (Å²) in [6, 6.07) is 12.0. The van der Waals surface area contributed by atoms with Crippen LogP contribution in [-0.4, -0.2) is 24.6 Å². The van der Waals surface area contributed by atoms with E-state index in [1.807, 2.05) is 6.07 Å². The van der Waals surface area contributed by atoms with Crippen LogP contribution in [0.15, 0.2) is 56.7 Å². The predicted octanol–water partition coefficient (Wildman–Crippen LogP) is 1.92. The maximum atomic E-state index is 11.7. The summed E-state index contributed by atoms with van der Waals surface area (Å²) < 4.78 is 5.74. The standard InChI is InChI=1S/C14H12BrN3O3/c15-12-7-6-11(21-12)8-17-18-13(19)9-16-14(20)10-4-2-1-3-5-10/h1-8H,9H2,(H,16,20)(H,18,19)/b17-8+. The maximum Gasteiger partial charge on any atom is 0.259 e. The third-order valence-electron chi connectivity index (χ3n) is 2.42. The number of amides is 2. The molecular formula is C14H12BrN3O3. The van der Waals surface area contributed by atoms with Gasteiger partial charge in [-0.3, -0.25) is 9.59 Å². The second kappa shape index (κ2) is 7.39. The average Bonchev–Trinajstić information content (AvgIpc) is 2.91. The Labute approximate surface area is 129 Å². The van der Waals surface area contributed by atoms with E-state index in [2.05, 4.69) is 31.8 Å². The van der Waals surface area contributed by atoms with Crippen LogP contribution in [0.3, 0.4) is 0 Å². The fourth-order valence-corrected chi connectivity index (χ4v) is 1.78. The van der Waals surface area contributed by atoms with Crippen molar-refractivity contribution in [3.63, 3.8) is 0 Å². The first-order valence-corrected chi connectivity index (χ1v) is 6.85. The summed E-state index contributed by atoms with van der Waals surface area (Å²) in [4.78, 5) is 23.2.